The van der Waals surface area contributed by atoms with Gasteiger partial charge in [0.2, 0.25) is 12.0 Å². The van der Waals surface area contributed by atoms with Gasteiger partial charge in [0.15, 0.2) is 23.0 Å². The smallest absolute Gasteiger partial charge is 0.229 e. The number of phenolic OH excluding ortho intramolecular Hbond substituents is 3. The third-order valence-corrected chi connectivity index (χ3v) is 7.33. The fourth-order valence-electron chi connectivity index (χ4n) is 4.98. The highest BCUT2D eigenvalue weighted by Crippen LogP contribution is 2.43. The molecule has 0 spiro atoms. The van der Waals surface area contributed by atoms with Crippen molar-refractivity contribution >= 4 is 0 Å². The van der Waals surface area contributed by atoms with Crippen molar-refractivity contribution in [2.24, 2.45) is 0 Å². The number of aliphatic hydroxyl groups excluding tert-OH is 4. The maximum Gasteiger partial charge on any atom is 0.229 e. The maximum atomic E-state index is 10.5. The topological polar surface area (TPSA) is 208 Å². The molecule has 0 saturated carbocycles. The minimum absolute atomic E-state index is 0.0420. The lowest BCUT2D eigenvalue weighted by molar-refractivity contribution is -0.116. The van der Waals surface area contributed by atoms with Crippen LogP contribution in [0.25, 0.3) is 0 Å². The molecule has 2 aromatic carbocycles. The molecule has 0 amide bonds. The summed E-state index contributed by atoms with van der Waals surface area (Å²) in [7, 11) is 1.34. The van der Waals surface area contributed by atoms with E-state index < -0.39 is 48.3 Å². The molecule has 1 saturated heterocycles. The minimum Gasteiger partial charge on any atom is -0.508 e. The van der Waals surface area contributed by atoms with Crippen LogP contribution >= 0.6 is 0 Å². The summed E-state index contributed by atoms with van der Waals surface area (Å²) in [5, 5.41) is 81.1. The number of benzene rings is 2. The second-order valence-electron chi connectivity index (χ2n) is 10.2. The number of phenols is 3. The van der Waals surface area contributed by atoms with Gasteiger partial charge < -0.3 is 64.5 Å². The lowest BCUT2D eigenvalue weighted by Gasteiger charge is -2.35. The molecule has 0 radical (unpaired) electrons. The number of aromatic hydroxyl groups is 3. The SMILES string of the molecule is COc1cc(CO[C@H]2Cc3c(OC4OCC(O)(CO)C4O)cc(O)cc3O[C@@H]2C2=CCC=C(O)C(O)=C2)cc(O)c1O. The van der Waals surface area contributed by atoms with Crippen LogP contribution in [-0.2, 0) is 22.5 Å². The van der Waals surface area contributed by atoms with Gasteiger partial charge in [0.25, 0.3) is 0 Å². The molecule has 0 bridgehead atoms. The molecule has 1 aliphatic carbocycles. The molecule has 2 aliphatic heterocycles. The highest BCUT2D eigenvalue weighted by Gasteiger charge is 2.49. The van der Waals surface area contributed by atoms with E-state index in [1.165, 1.54) is 43.5 Å². The molecule has 5 atom stereocenters. The predicted molar refractivity (Wildman–Crippen MR) is 144 cm³/mol. The van der Waals surface area contributed by atoms with Crippen molar-refractivity contribution in [1.29, 1.82) is 0 Å². The zero-order valence-electron chi connectivity index (χ0n) is 22.5. The molecule has 42 heavy (non-hydrogen) atoms. The van der Waals surface area contributed by atoms with Crippen molar-refractivity contribution in [2.75, 3.05) is 20.3 Å². The summed E-state index contributed by atoms with van der Waals surface area (Å²) in [6, 6.07) is 5.46. The summed E-state index contributed by atoms with van der Waals surface area (Å²) in [5.41, 5.74) is -0.556. The van der Waals surface area contributed by atoms with E-state index in [0.717, 1.165) is 0 Å². The molecule has 226 valence electrons. The van der Waals surface area contributed by atoms with Gasteiger partial charge in [0.05, 0.1) is 26.9 Å². The summed E-state index contributed by atoms with van der Waals surface area (Å²) < 4.78 is 28.8. The van der Waals surface area contributed by atoms with Crippen molar-refractivity contribution < 1.29 is 64.5 Å². The zero-order chi connectivity index (χ0) is 30.2. The highest BCUT2D eigenvalue weighted by molar-refractivity contribution is 5.54. The molecular formula is C29H32O13. The Hall–Kier alpha value is -4.14. The average Bonchev–Trinajstić information content (AvgIpc) is 3.13. The van der Waals surface area contributed by atoms with Crippen LogP contribution in [-0.4, -0.2) is 91.4 Å². The number of aliphatic hydroxyl groups is 5. The van der Waals surface area contributed by atoms with Gasteiger partial charge in [-0.25, -0.2) is 0 Å². The lowest BCUT2D eigenvalue weighted by Crippen LogP contribution is -2.48. The second-order valence-corrected chi connectivity index (χ2v) is 10.2. The molecule has 3 unspecified atom stereocenters. The molecule has 8 N–H and O–H groups in total. The Morgan fingerprint density at radius 2 is 1.79 bits per heavy atom. The number of hydrogen-bond donors (Lipinski definition) is 8. The van der Waals surface area contributed by atoms with Gasteiger partial charge in [-0.1, -0.05) is 6.08 Å². The number of fused-ring (bicyclic) bond motifs is 1. The van der Waals surface area contributed by atoms with Crippen LogP contribution in [0.4, 0.5) is 0 Å². The number of hydrogen-bond acceptors (Lipinski definition) is 13. The number of allylic oxidation sites excluding steroid dienone is 2. The summed E-state index contributed by atoms with van der Waals surface area (Å²) in [4.78, 5) is 0. The Morgan fingerprint density at radius 3 is 2.50 bits per heavy atom. The fraction of sp³-hybridized carbons (Fsp3) is 0.379. The van der Waals surface area contributed by atoms with Crippen molar-refractivity contribution in [2.45, 2.75) is 49.7 Å². The van der Waals surface area contributed by atoms with Gasteiger partial charge in [0.1, 0.15) is 41.2 Å². The Kier molecular flexibility index (Phi) is 8.12. The molecule has 3 aliphatic rings. The summed E-state index contributed by atoms with van der Waals surface area (Å²) in [5.74, 6) is -1.40. The van der Waals surface area contributed by atoms with Gasteiger partial charge in [-0.3, -0.25) is 0 Å². The third-order valence-electron chi connectivity index (χ3n) is 7.33. The quantitative estimate of drug-likeness (QED) is 0.207. The van der Waals surface area contributed by atoms with E-state index >= 15 is 0 Å². The van der Waals surface area contributed by atoms with Crippen molar-refractivity contribution in [1.82, 2.24) is 0 Å². The first-order chi connectivity index (χ1) is 20.0. The third kappa shape index (κ3) is 5.65. The van der Waals surface area contributed by atoms with Crippen molar-refractivity contribution in [3.05, 3.63) is 70.7 Å². The van der Waals surface area contributed by atoms with E-state index in [1.807, 2.05) is 0 Å². The van der Waals surface area contributed by atoms with Gasteiger partial charge >= 0.3 is 0 Å². The molecule has 1 fully saturated rings. The molecule has 2 heterocycles. The van der Waals surface area contributed by atoms with Crippen LogP contribution in [0.15, 0.2) is 59.6 Å². The predicted octanol–water partition coefficient (Wildman–Crippen LogP) is 1.73. The Bertz CT molecular complexity index is 1430. The van der Waals surface area contributed by atoms with E-state index in [2.05, 4.69) is 0 Å². The van der Waals surface area contributed by atoms with E-state index in [4.69, 9.17) is 23.7 Å². The lowest BCUT2D eigenvalue weighted by atomic mass is 9.92. The minimum atomic E-state index is -1.93. The van der Waals surface area contributed by atoms with E-state index in [9.17, 15) is 40.9 Å². The number of methoxy groups -OCH3 is 1. The van der Waals surface area contributed by atoms with Gasteiger partial charge in [-0.15, -0.1) is 0 Å². The molecule has 5 rings (SSSR count). The Labute approximate surface area is 240 Å². The normalized spacial score (nSPS) is 27.2. The summed E-state index contributed by atoms with van der Waals surface area (Å²) in [6.45, 7) is -1.21. The van der Waals surface area contributed by atoms with Crippen molar-refractivity contribution in [3.8, 4) is 34.5 Å². The maximum absolute atomic E-state index is 10.5. The van der Waals surface area contributed by atoms with Crippen LogP contribution in [0.3, 0.4) is 0 Å². The molecule has 2 aromatic rings. The summed E-state index contributed by atoms with van der Waals surface area (Å²) >= 11 is 0. The highest BCUT2D eigenvalue weighted by atomic mass is 16.7. The Balaban J connectivity index is 1.48. The standard InChI is InChI=1S/C29H32O13/c1-38-23-6-14(5-20(34)25(23)35)11-39-24-10-17-21(41-26(24)15-3-2-4-18(32)19(33)7-15)8-16(31)9-22(17)42-28-27(36)29(37,12-30)13-40-28/h3-9,24,26-28,30-37H,2,10-13H2,1H3/t24-,26+,27?,28?,29?/m0/s1. The molecular weight excluding hydrogens is 556 g/mol. The van der Waals surface area contributed by atoms with Gasteiger partial charge in [-0.2, -0.15) is 0 Å². The molecule has 13 heteroatoms. The zero-order valence-corrected chi connectivity index (χ0v) is 22.5. The Morgan fingerprint density at radius 1 is 1.00 bits per heavy atom. The van der Waals surface area contributed by atoms with Crippen LogP contribution in [0.1, 0.15) is 17.5 Å². The summed E-state index contributed by atoms with van der Waals surface area (Å²) in [6.07, 6.45) is 0.328. The van der Waals surface area contributed by atoms with Gasteiger partial charge in [-0.05, 0) is 41.8 Å². The first kappa shape index (κ1) is 29.4. The largest absolute Gasteiger partial charge is 0.508 e. The van der Waals surface area contributed by atoms with E-state index in [0.29, 0.717) is 16.7 Å². The number of ether oxygens (including phenoxy) is 5. The van der Waals surface area contributed by atoms with Crippen LogP contribution < -0.4 is 14.2 Å². The molecule has 0 aromatic heterocycles. The van der Waals surface area contributed by atoms with Crippen LogP contribution in [0.2, 0.25) is 0 Å². The molecule has 13 nitrogen and oxygen atoms in total. The fourth-order valence-corrected chi connectivity index (χ4v) is 4.98. The monoisotopic (exact) mass is 588 g/mol. The van der Waals surface area contributed by atoms with Crippen LogP contribution in [0.5, 0.6) is 34.5 Å². The average molecular weight is 589 g/mol. The second kappa shape index (κ2) is 11.6. The van der Waals surface area contributed by atoms with E-state index in [1.54, 1.807) is 6.08 Å². The van der Waals surface area contributed by atoms with E-state index in [-0.39, 0.29) is 60.6 Å². The van der Waals surface area contributed by atoms with Gasteiger partial charge in [0, 0.05) is 24.1 Å². The first-order valence-corrected chi connectivity index (χ1v) is 13.1. The first-order valence-electron chi connectivity index (χ1n) is 13.1. The van der Waals surface area contributed by atoms with Crippen molar-refractivity contribution in [3.63, 3.8) is 0 Å². The number of rotatable bonds is 8. The van der Waals surface area contributed by atoms with Crippen LogP contribution in [0, 0.1) is 0 Å².